The van der Waals surface area contributed by atoms with Crippen LogP contribution in [-0.4, -0.2) is 37.2 Å². The van der Waals surface area contributed by atoms with Crippen molar-refractivity contribution in [3.63, 3.8) is 0 Å². The molecule has 6 nitrogen and oxygen atoms in total. The van der Waals surface area contributed by atoms with Crippen molar-refractivity contribution in [3.05, 3.63) is 23.8 Å². The number of carboxylic acid groups (broad SMARTS) is 1. The molecule has 19 heavy (non-hydrogen) atoms. The maximum Gasteiger partial charge on any atom is 0.339 e. The predicted octanol–water partition coefficient (Wildman–Crippen LogP) is 1.30. The monoisotopic (exact) mass is 267 g/mol. The lowest BCUT2D eigenvalue weighted by atomic mass is 10.2. The van der Waals surface area contributed by atoms with Gasteiger partial charge in [0.25, 0.3) is 5.91 Å². The van der Waals surface area contributed by atoms with Gasteiger partial charge in [0.15, 0.2) is 6.61 Å². The Bertz CT molecular complexity index is 458. The first-order valence-electron chi connectivity index (χ1n) is 5.89. The summed E-state index contributed by atoms with van der Waals surface area (Å²) in [4.78, 5) is 22.4. The fourth-order valence-electron chi connectivity index (χ4n) is 1.39. The molecule has 0 spiro atoms. The Kier molecular flexibility index (Phi) is 5.66. The van der Waals surface area contributed by atoms with Crippen LogP contribution in [0.3, 0.4) is 0 Å². The lowest BCUT2D eigenvalue weighted by Gasteiger charge is -2.10. The van der Waals surface area contributed by atoms with Crippen LogP contribution in [0.5, 0.6) is 11.5 Å². The van der Waals surface area contributed by atoms with Gasteiger partial charge >= 0.3 is 5.97 Å². The average Bonchev–Trinajstić information content (AvgIpc) is 2.42. The number of hydrogen-bond acceptors (Lipinski definition) is 4. The van der Waals surface area contributed by atoms with E-state index < -0.39 is 5.97 Å². The molecule has 1 rings (SSSR count). The molecule has 0 bridgehead atoms. The molecule has 0 saturated carbocycles. The number of carbonyl (C=O) groups is 2. The first kappa shape index (κ1) is 14.8. The Balaban J connectivity index is 2.72. The third-order valence-electron chi connectivity index (χ3n) is 2.35. The van der Waals surface area contributed by atoms with Crippen LogP contribution < -0.4 is 14.8 Å². The molecule has 0 atom stereocenters. The Morgan fingerprint density at radius 1 is 1.37 bits per heavy atom. The van der Waals surface area contributed by atoms with Gasteiger partial charge in [-0.25, -0.2) is 4.79 Å². The molecule has 0 radical (unpaired) electrons. The van der Waals surface area contributed by atoms with Crippen LogP contribution in [0.1, 0.15) is 23.7 Å². The maximum atomic E-state index is 11.4. The van der Waals surface area contributed by atoms with Crippen molar-refractivity contribution in [1.82, 2.24) is 5.32 Å². The van der Waals surface area contributed by atoms with Gasteiger partial charge in [-0.15, -0.1) is 0 Å². The van der Waals surface area contributed by atoms with Gasteiger partial charge in [0.05, 0.1) is 7.11 Å². The van der Waals surface area contributed by atoms with Gasteiger partial charge in [-0.2, -0.15) is 0 Å². The first-order valence-corrected chi connectivity index (χ1v) is 5.89. The Hall–Kier alpha value is -2.24. The molecule has 1 amide bonds. The zero-order chi connectivity index (χ0) is 14.3. The predicted molar refractivity (Wildman–Crippen MR) is 68.7 cm³/mol. The summed E-state index contributed by atoms with van der Waals surface area (Å²) in [6.07, 6.45) is 0.828. The largest absolute Gasteiger partial charge is 0.497 e. The summed E-state index contributed by atoms with van der Waals surface area (Å²) < 4.78 is 10.1. The number of nitrogens with one attached hydrogen (secondary N) is 1. The second-order valence-corrected chi connectivity index (χ2v) is 3.81. The molecule has 0 saturated heterocycles. The molecular formula is C13H17NO5. The third kappa shape index (κ3) is 4.50. The van der Waals surface area contributed by atoms with Gasteiger partial charge in [-0.3, -0.25) is 4.79 Å². The van der Waals surface area contributed by atoms with E-state index in [2.05, 4.69) is 5.32 Å². The maximum absolute atomic E-state index is 11.4. The highest BCUT2D eigenvalue weighted by Gasteiger charge is 2.13. The van der Waals surface area contributed by atoms with E-state index in [1.54, 1.807) is 6.07 Å². The summed E-state index contributed by atoms with van der Waals surface area (Å²) >= 11 is 0. The Labute approximate surface area is 111 Å². The van der Waals surface area contributed by atoms with Crippen molar-refractivity contribution in [2.45, 2.75) is 13.3 Å². The molecular weight excluding hydrogens is 250 g/mol. The van der Waals surface area contributed by atoms with Crippen molar-refractivity contribution in [2.75, 3.05) is 20.3 Å². The van der Waals surface area contributed by atoms with Crippen molar-refractivity contribution >= 4 is 11.9 Å². The number of aromatic carboxylic acids is 1. The fourth-order valence-corrected chi connectivity index (χ4v) is 1.39. The van der Waals surface area contributed by atoms with Crippen molar-refractivity contribution in [3.8, 4) is 11.5 Å². The van der Waals surface area contributed by atoms with E-state index in [1.165, 1.54) is 19.2 Å². The van der Waals surface area contributed by atoms with E-state index in [0.717, 1.165) is 6.42 Å². The summed E-state index contributed by atoms with van der Waals surface area (Å²) in [6, 6.07) is 4.39. The highest BCUT2D eigenvalue weighted by atomic mass is 16.5. The number of rotatable bonds is 7. The highest BCUT2D eigenvalue weighted by Crippen LogP contribution is 2.24. The summed E-state index contributed by atoms with van der Waals surface area (Å²) in [5.74, 6) is -0.864. The minimum absolute atomic E-state index is 0.0392. The summed E-state index contributed by atoms with van der Waals surface area (Å²) in [6.45, 7) is 2.29. The Morgan fingerprint density at radius 3 is 2.68 bits per heavy atom. The molecule has 0 aliphatic heterocycles. The molecule has 0 aromatic heterocycles. The standard InChI is InChI=1S/C13H17NO5/c1-3-6-14-12(15)8-19-11-5-4-9(18-2)7-10(11)13(16)17/h4-5,7H,3,6,8H2,1-2H3,(H,14,15)(H,16,17). The van der Waals surface area contributed by atoms with E-state index >= 15 is 0 Å². The number of amides is 1. The normalized spacial score (nSPS) is 9.79. The molecule has 6 heteroatoms. The van der Waals surface area contributed by atoms with Gasteiger partial charge < -0.3 is 19.9 Å². The topological polar surface area (TPSA) is 84.9 Å². The number of carbonyl (C=O) groups excluding carboxylic acids is 1. The van der Waals surface area contributed by atoms with Crippen LogP contribution in [0.4, 0.5) is 0 Å². The molecule has 2 N–H and O–H groups in total. The summed E-state index contributed by atoms with van der Waals surface area (Å²) in [5, 5.41) is 11.7. The first-order chi connectivity index (χ1) is 9.08. The molecule has 0 fully saturated rings. The smallest absolute Gasteiger partial charge is 0.339 e. The van der Waals surface area contributed by atoms with E-state index in [4.69, 9.17) is 14.6 Å². The molecule has 0 heterocycles. The van der Waals surface area contributed by atoms with Crippen molar-refractivity contribution < 1.29 is 24.2 Å². The zero-order valence-corrected chi connectivity index (χ0v) is 10.9. The van der Waals surface area contributed by atoms with Crippen LogP contribution in [0.15, 0.2) is 18.2 Å². The molecule has 0 aliphatic rings. The lowest BCUT2D eigenvalue weighted by molar-refractivity contribution is -0.123. The quantitative estimate of drug-likeness (QED) is 0.777. The lowest BCUT2D eigenvalue weighted by Crippen LogP contribution is -2.29. The van der Waals surface area contributed by atoms with Crippen LogP contribution in [-0.2, 0) is 4.79 Å². The molecule has 1 aromatic rings. The van der Waals surface area contributed by atoms with Gasteiger partial charge in [0, 0.05) is 6.54 Å². The van der Waals surface area contributed by atoms with E-state index in [0.29, 0.717) is 12.3 Å². The third-order valence-corrected chi connectivity index (χ3v) is 2.35. The molecule has 104 valence electrons. The van der Waals surface area contributed by atoms with E-state index in [1.807, 2.05) is 6.92 Å². The van der Waals surface area contributed by atoms with Crippen molar-refractivity contribution in [1.29, 1.82) is 0 Å². The number of benzene rings is 1. The second-order valence-electron chi connectivity index (χ2n) is 3.81. The highest BCUT2D eigenvalue weighted by molar-refractivity contribution is 5.91. The number of methoxy groups -OCH3 is 1. The van der Waals surface area contributed by atoms with Crippen LogP contribution in [0.2, 0.25) is 0 Å². The molecule has 0 unspecified atom stereocenters. The SMILES string of the molecule is CCCNC(=O)COc1ccc(OC)cc1C(=O)O. The zero-order valence-electron chi connectivity index (χ0n) is 10.9. The second kappa shape index (κ2) is 7.25. The van der Waals surface area contributed by atoms with Crippen LogP contribution in [0.25, 0.3) is 0 Å². The Morgan fingerprint density at radius 2 is 2.11 bits per heavy atom. The van der Waals surface area contributed by atoms with Gasteiger partial charge in [0.1, 0.15) is 17.1 Å². The van der Waals surface area contributed by atoms with E-state index in [-0.39, 0.29) is 23.8 Å². The number of carboxylic acids is 1. The average molecular weight is 267 g/mol. The van der Waals surface area contributed by atoms with Gasteiger partial charge in [0.2, 0.25) is 0 Å². The van der Waals surface area contributed by atoms with Crippen LogP contribution >= 0.6 is 0 Å². The minimum Gasteiger partial charge on any atom is -0.497 e. The minimum atomic E-state index is -1.14. The van der Waals surface area contributed by atoms with E-state index in [9.17, 15) is 9.59 Å². The summed E-state index contributed by atoms with van der Waals surface area (Å²) in [7, 11) is 1.44. The van der Waals surface area contributed by atoms with Crippen LogP contribution in [0, 0.1) is 0 Å². The summed E-state index contributed by atoms with van der Waals surface area (Å²) in [5.41, 5.74) is -0.0392. The van der Waals surface area contributed by atoms with Crippen molar-refractivity contribution in [2.24, 2.45) is 0 Å². The molecule has 1 aromatic carbocycles. The van der Waals surface area contributed by atoms with Gasteiger partial charge in [-0.05, 0) is 24.6 Å². The fraction of sp³-hybridized carbons (Fsp3) is 0.385. The molecule has 0 aliphatic carbocycles. The number of hydrogen-bond donors (Lipinski definition) is 2. The number of ether oxygens (including phenoxy) is 2. The van der Waals surface area contributed by atoms with Gasteiger partial charge in [-0.1, -0.05) is 6.92 Å².